The summed E-state index contributed by atoms with van der Waals surface area (Å²) in [5.41, 5.74) is 3.37. The van der Waals surface area contributed by atoms with Crippen LogP contribution in [0.3, 0.4) is 0 Å². The van der Waals surface area contributed by atoms with Crippen LogP contribution in [0.1, 0.15) is 5.56 Å². The van der Waals surface area contributed by atoms with Crippen LogP contribution in [-0.4, -0.2) is 73.5 Å². The van der Waals surface area contributed by atoms with Crippen LogP contribution in [0.25, 0.3) is 22.1 Å². The molecule has 1 amide bonds. The quantitative estimate of drug-likeness (QED) is 0.258. The molecule has 1 N–H and O–H groups in total. The average Bonchev–Trinajstić information content (AvgIpc) is 3.38. The Hall–Kier alpha value is -5.40. The third-order valence-electron chi connectivity index (χ3n) is 7.11. The van der Waals surface area contributed by atoms with Crippen molar-refractivity contribution >= 4 is 45.3 Å². The first-order chi connectivity index (χ1) is 20.8. The molecule has 0 unspecified atom stereocenters. The van der Waals surface area contributed by atoms with Crippen molar-refractivity contribution < 1.29 is 23.0 Å². The van der Waals surface area contributed by atoms with Gasteiger partial charge in [0.1, 0.15) is 34.7 Å². The van der Waals surface area contributed by atoms with E-state index in [4.69, 9.17) is 14.5 Å². The Labute approximate surface area is 244 Å². The fraction of sp³-hybridized carbons (Fsp3) is 0.241. The van der Waals surface area contributed by atoms with Crippen LogP contribution in [0.4, 0.5) is 26.1 Å². The molecular formula is C29H27F2N9O3. The zero-order valence-electron chi connectivity index (χ0n) is 23.4. The highest BCUT2D eigenvalue weighted by Gasteiger charge is 2.22. The summed E-state index contributed by atoms with van der Waals surface area (Å²) in [6, 6.07) is 12.0. The maximum atomic E-state index is 13.5. The summed E-state index contributed by atoms with van der Waals surface area (Å²) in [6.45, 7) is 4.52. The highest BCUT2D eigenvalue weighted by atomic mass is 19.3. The van der Waals surface area contributed by atoms with E-state index < -0.39 is 6.61 Å². The number of ether oxygens (including phenoxy) is 2. The first-order valence-electron chi connectivity index (χ1n) is 13.4. The van der Waals surface area contributed by atoms with E-state index in [0.29, 0.717) is 71.4 Å². The Morgan fingerprint density at radius 1 is 1.05 bits per heavy atom. The third-order valence-corrected chi connectivity index (χ3v) is 7.11. The number of hydrogen-bond donors (Lipinski definition) is 1. The van der Waals surface area contributed by atoms with Crippen LogP contribution < -0.4 is 19.7 Å². The molecule has 1 aliphatic rings. The molecule has 3 aromatic heterocycles. The predicted octanol–water partition coefficient (Wildman–Crippen LogP) is 4.59. The Bertz CT molecular complexity index is 1840. The molecule has 1 aliphatic heterocycles. The number of pyridine rings is 1. The summed E-state index contributed by atoms with van der Waals surface area (Å²) in [7, 11) is 1.78. The highest BCUT2D eigenvalue weighted by Crippen LogP contribution is 2.38. The lowest BCUT2D eigenvalue weighted by atomic mass is 10.1. The molecular weight excluding hydrogens is 560 g/mol. The fourth-order valence-electron chi connectivity index (χ4n) is 4.89. The zero-order chi connectivity index (χ0) is 30.1. The molecule has 0 bridgehead atoms. The standard InChI is InChI=1S/C29H27F2N9O3/c1-4-26(41)40-11-9-39(10-12-40)25-8-6-19-27(35-25)28(33-16-32-19)34-21-13-17(2)23(15-24(21)43-29(30)31)42-18-5-7-22-20(14-18)36-37-38(22)3/h4-8,13-16,29H,1,9-12H2,2-3H3,(H,32,33,34). The molecule has 2 aromatic carbocycles. The van der Waals surface area contributed by atoms with Gasteiger partial charge in [-0.05, 0) is 48.9 Å². The maximum Gasteiger partial charge on any atom is 0.387 e. The SMILES string of the molecule is C=CC(=O)N1CCN(c2ccc3ncnc(Nc4cc(C)c(Oc5ccc6c(c5)nnn6C)cc4OC(F)F)c3n2)CC1. The molecule has 4 heterocycles. The van der Waals surface area contributed by atoms with E-state index in [1.54, 1.807) is 41.8 Å². The van der Waals surface area contributed by atoms with Gasteiger partial charge < -0.3 is 24.6 Å². The number of nitrogens with one attached hydrogen (secondary N) is 1. The number of anilines is 3. The predicted molar refractivity (Wildman–Crippen MR) is 156 cm³/mol. The maximum absolute atomic E-state index is 13.5. The van der Waals surface area contributed by atoms with Crippen LogP contribution in [0.2, 0.25) is 0 Å². The van der Waals surface area contributed by atoms with Gasteiger partial charge in [0.05, 0.1) is 16.7 Å². The number of rotatable bonds is 8. The van der Waals surface area contributed by atoms with Crippen LogP contribution in [0.5, 0.6) is 17.2 Å². The number of aryl methyl sites for hydroxylation is 2. The highest BCUT2D eigenvalue weighted by molar-refractivity contribution is 5.89. The van der Waals surface area contributed by atoms with E-state index in [0.717, 1.165) is 5.52 Å². The molecule has 5 aromatic rings. The van der Waals surface area contributed by atoms with Gasteiger partial charge in [0, 0.05) is 45.4 Å². The van der Waals surface area contributed by atoms with Crippen LogP contribution >= 0.6 is 0 Å². The first kappa shape index (κ1) is 27.8. The summed E-state index contributed by atoms with van der Waals surface area (Å²) in [6.07, 6.45) is 2.68. The van der Waals surface area contributed by atoms with Gasteiger partial charge in [0.15, 0.2) is 11.6 Å². The summed E-state index contributed by atoms with van der Waals surface area (Å²) in [4.78, 5) is 29.2. The first-order valence-corrected chi connectivity index (χ1v) is 13.4. The number of piperazine rings is 1. The zero-order valence-corrected chi connectivity index (χ0v) is 23.4. The van der Waals surface area contributed by atoms with Crippen molar-refractivity contribution in [1.82, 2.24) is 34.8 Å². The van der Waals surface area contributed by atoms with E-state index in [1.807, 2.05) is 18.2 Å². The number of halogens is 2. The Morgan fingerprint density at radius 2 is 1.86 bits per heavy atom. The number of benzene rings is 2. The fourth-order valence-corrected chi connectivity index (χ4v) is 4.89. The second-order valence-electron chi connectivity index (χ2n) is 9.86. The smallest absolute Gasteiger partial charge is 0.387 e. The lowest BCUT2D eigenvalue weighted by Gasteiger charge is -2.35. The van der Waals surface area contributed by atoms with E-state index in [-0.39, 0.29) is 17.3 Å². The van der Waals surface area contributed by atoms with Gasteiger partial charge in [-0.2, -0.15) is 8.78 Å². The van der Waals surface area contributed by atoms with Gasteiger partial charge in [-0.25, -0.2) is 19.6 Å². The number of aromatic nitrogens is 6. The van der Waals surface area contributed by atoms with Crippen molar-refractivity contribution in [2.45, 2.75) is 13.5 Å². The monoisotopic (exact) mass is 587 g/mol. The van der Waals surface area contributed by atoms with E-state index in [9.17, 15) is 13.6 Å². The average molecular weight is 588 g/mol. The number of amides is 1. The van der Waals surface area contributed by atoms with Gasteiger partial charge in [-0.1, -0.05) is 11.8 Å². The van der Waals surface area contributed by atoms with Gasteiger partial charge in [0.25, 0.3) is 0 Å². The molecule has 43 heavy (non-hydrogen) atoms. The molecule has 1 saturated heterocycles. The second kappa shape index (κ2) is 11.5. The molecule has 0 atom stereocenters. The van der Waals surface area contributed by atoms with Gasteiger partial charge in [0.2, 0.25) is 5.91 Å². The van der Waals surface area contributed by atoms with E-state index in [2.05, 4.69) is 37.1 Å². The lowest BCUT2D eigenvalue weighted by Crippen LogP contribution is -2.48. The number of alkyl halides is 2. The minimum Gasteiger partial charge on any atom is -0.457 e. The molecule has 12 nitrogen and oxygen atoms in total. The number of carbonyl (C=O) groups excluding carboxylic acids is 1. The summed E-state index contributed by atoms with van der Waals surface area (Å²) < 4.78 is 39.6. The Morgan fingerprint density at radius 3 is 2.63 bits per heavy atom. The number of nitrogens with zero attached hydrogens (tertiary/aromatic N) is 8. The van der Waals surface area contributed by atoms with Crippen molar-refractivity contribution in [3.05, 3.63) is 67.0 Å². The normalized spacial score (nSPS) is 13.5. The molecule has 0 saturated carbocycles. The summed E-state index contributed by atoms with van der Waals surface area (Å²) >= 11 is 0. The van der Waals surface area contributed by atoms with Gasteiger partial charge >= 0.3 is 6.61 Å². The van der Waals surface area contributed by atoms with Gasteiger partial charge in [-0.3, -0.25) is 4.79 Å². The molecule has 220 valence electrons. The topological polar surface area (TPSA) is 123 Å². The molecule has 14 heteroatoms. The van der Waals surface area contributed by atoms with E-state index >= 15 is 0 Å². The molecule has 0 spiro atoms. The van der Waals surface area contributed by atoms with Gasteiger partial charge in [-0.15, -0.1) is 5.10 Å². The second-order valence-corrected chi connectivity index (χ2v) is 9.86. The Kier molecular flexibility index (Phi) is 7.40. The minimum atomic E-state index is -3.08. The third kappa shape index (κ3) is 5.71. The minimum absolute atomic E-state index is 0.105. The number of hydrogen-bond acceptors (Lipinski definition) is 10. The lowest BCUT2D eigenvalue weighted by molar-refractivity contribution is -0.126. The Balaban J connectivity index is 1.29. The largest absolute Gasteiger partial charge is 0.457 e. The molecule has 0 radical (unpaired) electrons. The van der Waals surface area contributed by atoms with Crippen molar-refractivity contribution in [1.29, 1.82) is 0 Å². The van der Waals surface area contributed by atoms with Crippen molar-refractivity contribution in [2.24, 2.45) is 7.05 Å². The van der Waals surface area contributed by atoms with E-state index in [1.165, 1.54) is 18.5 Å². The summed E-state index contributed by atoms with van der Waals surface area (Å²) in [5, 5.41) is 11.2. The summed E-state index contributed by atoms with van der Waals surface area (Å²) in [5.74, 6) is 1.54. The van der Waals surface area contributed by atoms with Crippen LogP contribution in [0, 0.1) is 6.92 Å². The van der Waals surface area contributed by atoms with Crippen molar-refractivity contribution in [3.8, 4) is 17.2 Å². The molecule has 6 rings (SSSR count). The van der Waals surface area contributed by atoms with Crippen LogP contribution in [-0.2, 0) is 11.8 Å². The van der Waals surface area contributed by atoms with Crippen LogP contribution in [0.15, 0.2) is 61.4 Å². The van der Waals surface area contributed by atoms with Crippen molar-refractivity contribution in [3.63, 3.8) is 0 Å². The molecule has 0 aliphatic carbocycles. The number of carbonyl (C=O) groups is 1. The number of fused-ring (bicyclic) bond motifs is 2. The molecule has 1 fully saturated rings. The van der Waals surface area contributed by atoms with Crippen molar-refractivity contribution in [2.75, 3.05) is 36.4 Å².